The van der Waals surface area contributed by atoms with Gasteiger partial charge in [-0.05, 0) is 53.5 Å². The maximum absolute atomic E-state index is 12.0. The Morgan fingerprint density at radius 1 is 0.414 bits per heavy atom. The molecule has 0 bridgehead atoms. The molecule has 0 saturated carbocycles. The predicted octanol–water partition coefficient (Wildman–Crippen LogP) is 1.97. The number of carbonyl (C=O) groups excluding carboxylic acids is 8. The minimum absolute atomic E-state index is 0.00680. The Labute approximate surface area is 419 Å². The standard InChI is InChI=1S/C19H36N4O3.C18H30N4O3.C14H25N3O2/c1-8-15(24)20-11-19(12-21-16(25)9-2,23-10-18(5,6)7)13-22-17(26)14(3)4;1-7-14(23)19-11-18(12-20-15(24)8-2,13-21-16(25)9-3)22-10-17(4,5)6;1-6-12(18)15-8-11(9-16-13(19)7-2)17-10-14(3,4)5/h23H,3,8-13H2,1-2,4-7H3,(H,20,24)(H,21,25)(H,22,26);7-9,22H,1-3,10-13H2,4-6H3,(H,19,23)(H,20,24)(H,21,25);6-7,11,17H,1-2,8-10H2,3-5H3,(H,15,18)(H,16,19). The van der Waals surface area contributed by atoms with Crippen LogP contribution in [0.25, 0.3) is 0 Å². The van der Waals surface area contributed by atoms with E-state index in [1.165, 1.54) is 30.4 Å². The molecular formula is C51H91N11O8. The van der Waals surface area contributed by atoms with Crippen LogP contribution in [0.15, 0.2) is 75.4 Å². The molecule has 11 N–H and O–H groups in total. The highest BCUT2D eigenvalue weighted by Gasteiger charge is 2.34. The van der Waals surface area contributed by atoms with Crippen molar-refractivity contribution in [1.82, 2.24) is 58.5 Å². The van der Waals surface area contributed by atoms with Crippen molar-refractivity contribution < 1.29 is 38.4 Å². The van der Waals surface area contributed by atoms with Gasteiger partial charge in [0.2, 0.25) is 47.3 Å². The zero-order chi connectivity index (χ0) is 54.8. The summed E-state index contributed by atoms with van der Waals surface area (Å²) in [6, 6.07) is -0.0352. The van der Waals surface area contributed by atoms with Crippen LogP contribution in [0, 0.1) is 16.2 Å². The van der Waals surface area contributed by atoms with E-state index in [9.17, 15) is 38.4 Å². The number of rotatable bonds is 30. The Balaban J connectivity index is -0.000000974. The molecule has 0 aliphatic heterocycles. The number of amides is 8. The van der Waals surface area contributed by atoms with E-state index in [-0.39, 0.29) is 109 Å². The van der Waals surface area contributed by atoms with Gasteiger partial charge in [0.15, 0.2) is 0 Å². The van der Waals surface area contributed by atoms with Gasteiger partial charge in [-0.15, -0.1) is 0 Å². The third-order valence-corrected chi connectivity index (χ3v) is 9.55. The SMILES string of the molecule is C=C(C)C(=O)NCC(CNC(=O)CC)(CNC(=O)CC)NCC(C)(C)C.C=CC(=O)NCC(CNC(=O)C=C)(CNC(=O)C=C)NCC(C)(C)C.C=CC(=O)NCC(CNC(=O)C=C)NCC(C)(C)C. The number of carbonyl (C=O) groups is 8. The van der Waals surface area contributed by atoms with Gasteiger partial charge in [0.1, 0.15) is 0 Å². The molecule has 0 aromatic rings. The predicted molar refractivity (Wildman–Crippen MR) is 282 cm³/mol. The zero-order valence-corrected chi connectivity index (χ0v) is 44.7. The summed E-state index contributed by atoms with van der Waals surface area (Å²) < 4.78 is 0. The summed E-state index contributed by atoms with van der Waals surface area (Å²) in [5.74, 6) is -1.89. The molecule has 0 fully saturated rings. The quantitative estimate of drug-likeness (QED) is 0.0464. The Bertz CT molecular complexity index is 1650. The van der Waals surface area contributed by atoms with Gasteiger partial charge in [-0.3, -0.25) is 38.4 Å². The summed E-state index contributed by atoms with van der Waals surface area (Å²) in [6.07, 6.45) is 6.69. The first kappa shape index (κ1) is 68.3. The third kappa shape index (κ3) is 38.0. The van der Waals surface area contributed by atoms with Crippen LogP contribution in [-0.2, 0) is 38.4 Å². The van der Waals surface area contributed by atoms with Crippen molar-refractivity contribution in [1.29, 1.82) is 0 Å². The normalized spacial score (nSPS) is 11.3. The Kier molecular flexibility index (Phi) is 34.4. The molecule has 0 radical (unpaired) electrons. The molecule has 0 aromatic carbocycles. The van der Waals surface area contributed by atoms with E-state index < -0.39 is 11.1 Å². The van der Waals surface area contributed by atoms with Gasteiger partial charge >= 0.3 is 0 Å². The van der Waals surface area contributed by atoms with Crippen LogP contribution in [0.3, 0.4) is 0 Å². The topological polar surface area (TPSA) is 269 Å². The molecule has 398 valence electrons. The summed E-state index contributed by atoms with van der Waals surface area (Å²) in [7, 11) is 0. The van der Waals surface area contributed by atoms with Crippen LogP contribution in [0.4, 0.5) is 0 Å². The van der Waals surface area contributed by atoms with Gasteiger partial charge < -0.3 is 58.5 Å². The van der Waals surface area contributed by atoms with Gasteiger partial charge in [0, 0.05) is 96.4 Å². The summed E-state index contributed by atoms with van der Waals surface area (Å²) in [4.78, 5) is 92.6. The molecule has 0 spiro atoms. The number of hydrogen-bond donors (Lipinski definition) is 11. The Morgan fingerprint density at radius 2 is 0.686 bits per heavy atom. The van der Waals surface area contributed by atoms with E-state index in [2.05, 4.69) is 160 Å². The molecule has 0 heterocycles. The van der Waals surface area contributed by atoms with Crippen LogP contribution in [0.1, 0.15) is 95.9 Å². The second-order valence-corrected chi connectivity index (χ2v) is 20.4. The molecule has 0 rings (SSSR count). The van der Waals surface area contributed by atoms with Crippen molar-refractivity contribution in [2.75, 3.05) is 72.0 Å². The van der Waals surface area contributed by atoms with Crippen molar-refractivity contribution in [3.8, 4) is 0 Å². The molecule has 70 heavy (non-hydrogen) atoms. The average Bonchev–Trinajstić information content (AvgIpc) is 3.30. The van der Waals surface area contributed by atoms with Gasteiger partial charge in [-0.25, -0.2) is 0 Å². The van der Waals surface area contributed by atoms with E-state index in [1.807, 2.05) is 0 Å². The summed E-state index contributed by atoms with van der Waals surface area (Å²) in [5, 5.41) is 32.3. The largest absolute Gasteiger partial charge is 0.354 e. The minimum Gasteiger partial charge on any atom is -0.354 e. The lowest BCUT2D eigenvalue weighted by atomic mass is 9.92. The second kappa shape index (κ2) is 35.2. The lowest BCUT2D eigenvalue weighted by Gasteiger charge is -2.38. The Hall–Kier alpha value is -5.92. The van der Waals surface area contributed by atoms with Crippen molar-refractivity contribution in [3.63, 3.8) is 0 Å². The van der Waals surface area contributed by atoms with Crippen molar-refractivity contribution in [3.05, 3.63) is 75.4 Å². The first-order chi connectivity index (χ1) is 32.3. The second-order valence-electron chi connectivity index (χ2n) is 20.4. The molecule has 0 unspecified atom stereocenters. The van der Waals surface area contributed by atoms with Crippen LogP contribution in [0.5, 0.6) is 0 Å². The van der Waals surface area contributed by atoms with Crippen molar-refractivity contribution in [2.45, 2.75) is 113 Å². The van der Waals surface area contributed by atoms with Crippen LogP contribution < -0.4 is 58.5 Å². The Morgan fingerprint density at radius 3 is 0.943 bits per heavy atom. The molecule has 19 heteroatoms. The van der Waals surface area contributed by atoms with Gasteiger partial charge in [-0.2, -0.15) is 0 Å². The first-order valence-corrected chi connectivity index (χ1v) is 23.5. The van der Waals surface area contributed by atoms with Crippen LogP contribution in [-0.4, -0.2) is 136 Å². The van der Waals surface area contributed by atoms with E-state index in [0.29, 0.717) is 44.6 Å². The maximum atomic E-state index is 12.0. The van der Waals surface area contributed by atoms with E-state index in [4.69, 9.17) is 0 Å². The molecule has 0 aliphatic carbocycles. The minimum atomic E-state index is -0.788. The molecular weight excluding hydrogens is 895 g/mol. The monoisotopic (exact) mass is 986 g/mol. The molecule has 0 saturated heterocycles. The third-order valence-electron chi connectivity index (χ3n) is 9.55. The van der Waals surface area contributed by atoms with E-state index in [1.54, 1.807) is 20.8 Å². The highest BCUT2D eigenvalue weighted by Crippen LogP contribution is 2.15. The fourth-order valence-corrected chi connectivity index (χ4v) is 5.09. The highest BCUT2D eigenvalue weighted by molar-refractivity contribution is 5.92. The van der Waals surface area contributed by atoms with E-state index in [0.717, 1.165) is 6.54 Å². The van der Waals surface area contributed by atoms with Crippen molar-refractivity contribution in [2.24, 2.45) is 16.2 Å². The van der Waals surface area contributed by atoms with Gasteiger partial charge in [0.25, 0.3) is 0 Å². The van der Waals surface area contributed by atoms with Crippen LogP contribution >= 0.6 is 0 Å². The zero-order valence-electron chi connectivity index (χ0n) is 44.7. The lowest BCUT2D eigenvalue weighted by Crippen LogP contribution is -2.66. The molecule has 0 aliphatic rings. The smallest absolute Gasteiger partial charge is 0.246 e. The first-order valence-electron chi connectivity index (χ1n) is 23.5. The fourth-order valence-electron chi connectivity index (χ4n) is 5.09. The van der Waals surface area contributed by atoms with Crippen molar-refractivity contribution >= 4 is 47.3 Å². The number of nitrogens with one attached hydrogen (secondary N) is 11. The lowest BCUT2D eigenvalue weighted by molar-refractivity contribution is -0.122. The highest BCUT2D eigenvalue weighted by atomic mass is 16.2. The van der Waals surface area contributed by atoms with E-state index >= 15 is 0 Å². The molecule has 0 atom stereocenters. The van der Waals surface area contributed by atoms with Crippen LogP contribution in [0.2, 0.25) is 0 Å². The molecule has 19 nitrogen and oxygen atoms in total. The number of hydrogen-bond acceptors (Lipinski definition) is 11. The maximum Gasteiger partial charge on any atom is 0.246 e. The summed E-state index contributed by atoms with van der Waals surface area (Å²) >= 11 is 0. The average molecular weight is 986 g/mol. The van der Waals surface area contributed by atoms with Gasteiger partial charge in [0.05, 0.1) is 11.1 Å². The van der Waals surface area contributed by atoms with Gasteiger partial charge in [-0.1, -0.05) is 116 Å². The fraction of sp³-hybridized carbons (Fsp3) is 0.608. The summed E-state index contributed by atoms with van der Waals surface area (Å²) in [6.45, 7) is 48.9. The molecule has 0 aromatic heterocycles. The summed E-state index contributed by atoms with van der Waals surface area (Å²) in [5.41, 5.74) is -1.00. The molecule has 8 amide bonds.